The van der Waals surface area contributed by atoms with Crippen molar-refractivity contribution in [2.24, 2.45) is 5.73 Å². The van der Waals surface area contributed by atoms with Gasteiger partial charge in [0.1, 0.15) is 0 Å². The monoisotopic (exact) mass is 181 g/mol. The standard InChI is InChI=1S/C9H15N3O/c1-3-6(10)7-11-8(12-13-7)9(2)4-5-9/h6H,3-5,10H2,1-2H3/t6-/m0/s1. The molecule has 1 aliphatic carbocycles. The molecule has 4 nitrogen and oxygen atoms in total. The van der Waals surface area contributed by atoms with Crippen molar-refractivity contribution in [3.05, 3.63) is 11.7 Å². The van der Waals surface area contributed by atoms with Crippen LogP contribution in [0.4, 0.5) is 0 Å². The molecule has 0 saturated heterocycles. The lowest BCUT2D eigenvalue weighted by Gasteiger charge is -2.00. The van der Waals surface area contributed by atoms with Crippen LogP contribution >= 0.6 is 0 Å². The van der Waals surface area contributed by atoms with Gasteiger partial charge in [0.15, 0.2) is 5.82 Å². The van der Waals surface area contributed by atoms with E-state index < -0.39 is 0 Å². The topological polar surface area (TPSA) is 64.9 Å². The van der Waals surface area contributed by atoms with Gasteiger partial charge in [-0.2, -0.15) is 4.98 Å². The van der Waals surface area contributed by atoms with E-state index in [0.29, 0.717) is 5.89 Å². The maximum absolute atomic E-state index is 5.78. The highest BCUT2D eigenvalue weighted by atomic mass is 16.5. The van der Waals surface area contributed by atoms with Crippen molar-refractivity contribution in [2.75, 3.05) is 0 Å². The lowest BCUT2D eigenvalue weighted by molar-refractivity contribution is 0.346. The first kappa shape index (κ1) is 8.69. The third kappa shape index (κ3) is 1.46. The quantitative estimate of drug-likeness (QED) is 0.768. The van der Waals surface area contributed by atoms with Crippen LogP contribution in [0, 0.1) is 0 Å². The van der Waals surface area contributed by atoms with Crippen LogP contribution in [0.25, 0.3) is 0 Å². The summed E-state index contributed by atoms with van der Waals surface area (Å²) in [7, 11) is 0. The van der Waals surface area contributed by atoms with E-state index >= 15 is 0 Å². The van der Waals surface area contributed by atoms with Crippen LogP contribution in [0.5, 0.6) is 0 Å². The van der Waals surface area contributed by atoms with E-state index in [-0.39, 0.29) is 11.5 Å². The van der Waals surface area contributed by atoms with Crippen LogP contribution in [-0.4, -0.2) is 10.1 Å². The van der Waals surface area contributed by atoms with Gasteiger partial charge < -0.3 is 10.3 Å². The Morgan fingerprint density at radius 1 is 1.62 bits per heavy atom. The molecule has 1 aromatic heterocycles. The second kappa shape index (κ2) is 2.80. The highest BCUT2D eigenvalue weighted by Crippen LogP contribution is 2.46. The molecule has 0 bridgehead atoms. The van der Waals surface area contributed by atoms with Crippen LogP contribution in [0.15, 0.2) is 4.52 Å². The van der Waals surface area contributed by atoms with Crippen LogP contribution in [-0.2, 0) is 5.41 Å². The van der Waals surface area contributed by atoms with Gasteiger partial charge in [0.05, 0.1) is 6.04 Å². The van der Waals surface area contributed by atoms with Crippen molar-refractivity contribution >= 4 is 0 Å². The summed E-state index contributed by atoms with van der Waals surface area (Å²) in [5, 5.41) is 3.95. The third-order valence-electron chi connectivity index (χ3n) is 2.74. The molecular formula is C9H15N3O. The average Bonchev–Trinajstić information content (AvgIpc) is 2.72. The maximum atomic E-state index is 5.78. The van der Waals surface area contributed by atoms with Crippen molar-refractivity contribution in [1.82, 2.24) is 10.1 Å². The Hall–Kier alpha value is -0.900. The number of nitrogens with zero attached hydrogens (tertiary/aromatic N) is 2. The number of hydrogen-bond acceptors (Lipinski definition) is 4. The molecule has 1 saturated carbocycles. The molecule has 0 aliphatic heterocycles. The fourth-order valence-electron chi connectivity index (χ4n) is 1.22. The fourth-order valence-corrected chi connectivity index (χ4v) is 1.22. The summed E-state index contributed by atoms with van der Waals surface area (Å²) in [5.74, 6) is 1.40. The predicted molar refractivity (Wildman–Crippen MR) is 48.1 cm³/mol. The molecule has 0 radical (unpaired) electrons. The minimum Gasteiger partial charge on any atom is -0.338 e. The summed E-state index contributed by atoms with van der Waals surface area (Å²) < 4.78 is 5.10. The lowest BCUT2D eigenvalue weighted by Crippen LogP contribution is -2.10. The van der Waals surface area contributed by atoms with Crippen molar-refractivity contribution in [3.63, 3.8) is 0 Å². The van der Waals surface area contributed by atoms with Gasteiger partial charge in [-0.15, -0.1) is 0 Å². The van der Waals surface area contributed by atoms with E-state index in [0.717, 1.165) is 25.1 Å². The molecule has 0 unspecified atom stereocenters. The van der Waals surface area contributed by atoms with E-state index in [4.69, 9.17) is 10.3 Å². The Kier molecular flexibility index (Phi) is 1.87. The predicted octanol–water partition coefficient (Wildman–Crippen LogP) is 1.53. The Morgan fingerprint density at radius 2 is 2.31 bits per heavy atom. The van der Waals surface area contributed by atoms with E-state index in [1.54, 1.807) is 0 Å². The minimum atomic E-state index is -0.108. The fraction of sp³-hybridized carbons (Fsp3) is 0.778. The molecule has 0 spiro atoms. The van der Waals surface area contributed by atoms with Gasteiger partial charge in [-0.25, -0.2) is 0 Å². The molecule has 1 heterocycles. The van der Waals surface area contributed by atoms with Crippen molar-refractivity contribution < 1.29 is 4.52 Å². The highest BCUT2D eigenvalue weighted by molar-refractivity contribution is 5.14. The zero-order valence-corrected chi connectivity index (χ0v) is 8.08. The number of rotatable bonds is 3. The normalized spacial score (nSPS) is 21.5. The van der Waals surface area contributed by atoms with Gasteiger partial charge >= 0.3 is 0 Å². The van der Waals surface area contributed by atoms with Crippen molar-refractivity contribution in [1.29, 1.82) is 0 Å². The van der Waals surface area contributed by atoms with Crippen LogP contribution < -0.4 is 5.73 Å². The maximum Gasteiger partial charge on any atom is 0.243 e. The highest BCUT2D eigenvalue weighted by Gasteiger charge is 2.43. The summed E-state index contributed by atoms with van der Waals surface area (Å²) in [6, 6.07) is -0.108. The molecule has 1 fully saturated rings. The molecule has 4 heteroatoms. The molecule has 0 amide bonds. The zero-order valence-electron chi connectivity index (χ0n) is 8.08. The first-order valence-electron chi connectivity index (χ1n) is 4.75. The second-order valence-corrected chi connectivity index (χ2v) is 4.03. The first-order chi connectivity index (χ1) is 6.15. The smallest absolute Gasteiger partial charge is 0.243 e. The second-order valence-electron chi connectivity index (χ2n) is 4.03. The van der Waals surface area contributed by atoms with Gasteiger partial charge in [-0.3, -0.25) is 0 Å². The molecule has 72 valence electrons. The number of nitrogens with two attached hydrogens (primary N) is 1. The summed E-state index contributed by atoms with van der Waals surface area (Å²) in [6.45, 7) is 4.16. The molecule has 13 heavy (non-hydrogen) atoms. The van der Waals surface area contributed by atoms with Gasteiger partial charge in [-0.1, -0.05) is 19.0 Å². The van der Waals surface area contributed by atoms with E-state index in [2.05, 4.69) is 17.1 Å². The average molecular weight is 181 g/mol. The summed E-state index contributed by atoms with van der Waals surface area (Å²) in [6.07, 6.45) is 3.15. The molecular weight excluding hydrogens is 166 g/mol. The first-order valence-corrected chi connectivity index (χ1v) is 4.75. The van der Waals surface area contributed by atoms with Gasteiger partial charge in [-0.05, 0) is 19.3 Å². The van der Waals surface area contributed by atoms with Gasteiger partial charge in [0.25, 0.3) is 0 Å². The van der Waals surface area contributed by atoms with Crippen molar-refractivity contribution in [3.8, 4) is 0 Å². The minimum absolute atomic E-state index is 0.108. The molecule has 2 N–H and O–H groups in total. The molecule has 2 rings (SSSR count). The Balaban J connectivity index is 2.18. The lowest BCUT2D eigenvalue weighted by atomic mass is 10.1. The number of aromatic nitrogens is 2. The Morgan fingerprint density at radius 3 is 2.85 bits per heavy atom. The van der Waals surface area contributed by atoms with Gasteiger partial charge in [0, 0.05) is 5.41 Å². The molecule has 1 aromatic rings. The van der Waals surface area contributed by atoms with Crippen LogP contribution in [0.1, 0.15) is 50.9 Å². The Bertz CT molecular complexity index is 304. The van der Waals surface area contributed by atoms with E-state index in [1.807, 2.05) is 6.92 Å². The SMILES string of the molecule is CC[C@H](N)c1nc(C2(C)CC2)no1. The Labute approximate surface area is 77.5 Å². The molecule has 1 aliphatic rings. The van der Waals surface area contributed by atoms with E-state index in [9.17, 15) is 0 Å². The van der Waals surface area contributed by atoms with Crippen molar-refractivity contribution in [2.45, 2.75) is 44.6 Å². The van der Waals surface area contributed by atoms with Crippen LogP contribution in [0.3, 0.4) is 0 Å². The third-order valence-corrected chi connectivity index (χ3v) is 2.74. The summed E-state index contributed by atoms with van der Waals surface area (Å²) >= 11 is 0. The molecule has 1 atom stereocenters. The largest absolute Gasteiger partial charge is 0.338 e. The van der Waals surface area contributed by atoms with Crippen LogP contribution in [0.2, 0.25) is 0 Å². The number of hydrogen-bond donors (Lipinski definition) is 1. The summed E-state index contributed by atoms with van der Waals surface area (Å²) in [4.78, 5) is 4.31. The van der Waals surface area contributed by atoms with Gasteiger partial charge in [0.2, 0.25) is 5.89 Å². The zero-order chi connectivity index (χ0) is 9.47. The van der Waals surface area contributed by atoms with E-state index in [1.165, 1.54) is 0 Å². The molecule has 0 aromatic carbocycles. The summed E-state index contributed by atoms with van der Waals surface area (Å²) in [5.41, 5.74) is 5.95.